The Bertz CT molecular complexity index is 444. The summed E-state index contributed by atoms with van der Waals surface area (Å²) < 4.78 is 0. The van der Waals surface area contributed by atoms with Gasteiger partial charge >= 0.3 is 0 Å². The topological polar surface area (TPSA) is 15.3 Å². The molecule has 1 aliphatic heterocycles. The minimum atomic E-state index is 0.384. The second kappa shape index (κ2) is 8.38. The zero-order chi connectivity index (χ0) is 15.2. The maximum Gasteiger partial charge on any atom is 0.0595 e. The molecule has 1 atom stereocenters. The number of nitrogens with one attached hydrogen (secondary N) is 1. The van der Waals surface area contributed by atoms with E-state index in [4.69, 9.17) is 23.2 Å². The lowest BCUT2D eigenvalue weighted by Gasteiger charge is -2.34. The SMILES string of the molecule is CCCN(CC1CCNCC1)C(C)c1ccc(Cl)c(Cl)c1. The normalized spacial score (nSPS) is 18.1. The van der Waals surface area contributed by atoms with Crippen LogP contribution in [-0.2, 0) is 0 Å². The van der Waals surface area contributed by atoms with Gasteiger partial charge in [-0.3, -0.25) is 4.90 Å². The molecule has 2 nitrogen and oxygen atoms in total. The minimum Gasteiger partial charge on any atom is -0.317 e. The van der Waals surface area contributed by atoms with Crippen molar-refractivity contribution in [1.29, 1.82) is 0 Å². The Balaban J connectivity index is 2.06. The molecular formula is C17H26Cl2N2. The van der Waals surface area contributed by atoms with Gasteiger partial charge in [0.05, 0.1) is 10.0 Å². The fourth-order valence-corrected chi connectivity index (χ4v) is 3.42. The molecule has 0 radical (unpaired) electrons. The van der Waals surface area contributed by atoms with Gasteiger partial charge in [-0.2, -0.15) is 0 Å². The first-order valence-electron chi connectivity index (χ1n) is 8.01. The molecule has 4 heteroatoms. The zero-order valence-electron chi connectivity index (χ0n) is 13.0. The van der Waals surface area contributed by atoms with E-state index in [1.54, 1.807) is 0 Å². The molecule has 1 N–H and O–H groups in total. The molecule has 1 saturated heterocycles. The highest BCUT2D eigenvalue weighted by Gasteiger charge is 2.21. The zero-order valence-corrected chi connectivity index (χ0v) is 14.6. The maximum absolute atomic E-state index is 6.17. The monoisotopic (exact) mass is 328 g/mol. The van der Waals surface area contributed by atoms with Crippen LogP contribution in [0.15, 0.2) is 18.2 Å². The largest absolute Gasteiger partial charge is 0.317 e. The van der Waals surface area contributed by atoms with Crippen molar-refractivity contribution >= 4 is 23.2 Å². The van der Waals surface area contributed by atoms with Crippen molar-refractivity contribution in [3.63, 3.8) is 0 Å². The Morgan fingerprint density at radius 3 is 2.57 bits per heavy atom. The van der Waals surface area contributed by atoms with Gasteiger partial charge in [-0.05, 0) is 69.4 Å². The molecule has 0 aliphatic carbocycles. The summed E-state index contributed by atoms with van der Waals surface area (Å²) in [5.74, 6) is 0.808. The van der Waals surface area contributed by atoms with E-state index in [1.165, 1.54) is 31.4 Å². The summed E-state index contributed by atoms with van der Waals surface area (Å²) in [5.41, 5.74) is 1.26. The third-order valence-corrected chi connectivity index (χ3v) is 5.18. The van der Waals surface area contributed by atoms with Gasteiger partial charge in [-0.15, -0.1) is 0 Å². The molecule has 0 saturated carbocycles. The Morgan fingerprint density at radius 2 is 1.95 bits per heavy atom. The number of nitrogens with zero attached hydrogens (tertiary/aromatic N) is 1. The van der Waals surface area contributed by atoms with E-state index in [-0.39, 0.29) is 0 Å². The lowest BCUT2D eigenvalue weighted by Crippen LogP contribution is -2.37. The molecule has 118 valence electrons. The third kappa shape index (κ3) is 4.85. The van der Waals surface area contributed by atoms with Crippen LogP contribution in [0.1, 0.15) is 44.7 Å². The lowest BCUT2D eigenvalue weighted by molar-refractivity contribution is 0.161. The summed E-state index contributed by atoms with van der Waals surface area (Å²) in [5, 5.41) is 4.73. The van der Waals surface area contributed by atoms with Gasteiger partial charge in [0.15, 0.2) is 0 Å². The van der Waals surface area contributed by atoms with Crippen LogP contribution in [0.3, 0.4) is 0 Å². The molecule has 2 rings (SSSR count). The van der Waals surface area contributed by atoms with E-state index in [0.29, 0.717) is 16.1 Å². The molecule has 1 aliphatic rings. The molecule has 1 aromatic carbocycles. The lowest BCUT2D eigenvalue weighted by atomic mass is 9.96. The van der Waals surface area contributed by atoms with Crippen LogP contribution in [-0.4, -0.2) is 31.1 Å². The van der Waals surface area contributed by atoms with E-state index in [2.05, 4.69) is 30.1 Å². The van der Waals surface area contributed by atoms with Gasteiger partial charge in [-0.25, -0.2) is 0 Å². The number of benzene rings is 1. The molecule has 1 unspecified atom stereocenters. The van der Waals surface area contributed by atoms with Crippen LogP contribution in [0.25, 0.3) is 0 Å². The average Bonchev–Trinajstić information content (AvgIpc) is 2.50. The van der Waals surface area contributed by atoms with E-state index >= 15 is 0 Å². The van der Waals surface area contributed by atoms with E-state index < -0.39 is 0 Å². The highest BCUT2D eigenvalue weighted by molar-refractivity contribution is 6.42. The second-order valence-corrected chi connectivity index (χ2v) is 6.85. The summed E-state index contributed by atoms with van der Waals surface area (Å²) in [6.45, 7) is 9.15. The molecule has 0 bridgehead atoms. The summed E-state index contributed by atoms with van der Waals surface area (Å²) in [7, 11) is 0. The van der Waals surface area contributed by atoms with Crippen molar-refractivity contribution in [3.8, 4) is 0 Å². The molecule has 1 fully saturated rings. The Labute approximate surface area is 138 Å². The summed E-state index contributed by atoms with van der Waals surface area (Å²) in [4.78, 5) is 2.59. The first-order valence-corrected chi connectivity index (χ1v) is 8.77. The Kier molecular flexibility index (Phi) is 6.81. The van der Waals surface area contributed by atoms with Gasteiger partial charge in [0, 0.05) is 12.6 Å². The predicted octanol–water partition coefficient (Wildman–Crippen LogP) is 4.77. The summed E-state index contributed by atoms with van der Waals surface area (Å²) >= 11 is 12.2. The van der Waals surface area contributed by atoms with Gasteiger partial charge in [-0.1, -0.05) is 36.2 Å². The Hall–Kier alpha value is -0.280. The van der Waals surface area contributed by atoms with Gasteiger partial charge < -0.3 is 5.32 Å². The van der Waals surface area contributed by atoms with Crippen LogP contribution in [0.2, 0.25) is 10.0 Å². The number of hydrogen-bond acceptors (Lipinski definition) is 2. The van der Waals surface area contributed by atoms with Crippen molar-refractivity contribution in [1.82, 2.24) is 10.2 Å². The highest BCUT2D eigenvalue weighted by Crippen LogP contribution is 2.29. The quantitative estimate of drug-likeness (QED) is 0.809. The number of halogens is 2. The van der Waals surface area contributed by atoms with Crippen molar-refractivity contribution in [2.75, 3.05) is 26.2 Å². The van der Waals surface area contributed by atoms with Crippen LogP contribution < -0.4 is 5.32 Å². The standard InChI is InChI=1S/C17H26Cl2N2/c1-3-10-21(12-14-6-8-20-9-7-14)13(2)15-4-5-16(18)17(19)11-15/h4-5,11,13-14,20H,3,6-10,12H2,1-2H3. The van der Waals surface area contributed by atoms with E-state index in [1.807, 2.05) is 12.1 Å². The van der Waals surface area contributed by atoms with Crippen LogP contribution in [0, 0.1) is 5.92 Å². The number of hydrogen-bond donors (Lipinski definition) is 1. The van der Waals surface area contributed by atoms with Crippen molar-refractivity contribution < 1.29 is 0 Å². The molecule has 0 aromatic heterocycles. The predicted molar refractivity (Wildman–Crippen MR) is 92.3 cm³/mol. The fourth-order valence-electron chi connectivity index (χ4n) is 3.11. The number of rotatable bonds is 6. The molecule has 1 heterocycles. The second-order valence-electron chi connectivity index (χ2n) is 6.04. The van der Waals surface area contributed by atoms with Crippen molar-refractivity contribution in [2.45, 2.75) is 39.2 Å². The highest BCUT2D eigenvalue weighted by atomic mass is 35.5. The van der Waals surface area contributed by atoms with Crippen molar-refractivity contribution in [2.24, 2.45) is 5.92 Å². The van der Waals surface area contributed by atoms with Crippen LogP contribution in [0.4, 0.5) is 0 Å². The smallest absolute Gasteiger partial charge is 0.0595 e. The molecule has 21 heavy (non-hydrogen) atoms. The molecule has 0 spiro atoms. The van der Waals surface area contributed by atoms with Crippen molar-refractivity contribution in [3.05, 3.63) is 33.8 Å². The number of piperidine rings is 1. The van der Waals surface area contributed by atoms with Crippen LogP contribution in [0.5, 0.6) is 0 Å². The first-order chi connectivity index (χ1) is 10.1. The minimum absolute atomic E-state index is 0.384. The van der Waals surface area contributed by atoms with Gasteiger partial charge in [0.2, 0.25) is 0 Å². The molecule has 0 amide bonds. The van der Waals surface area contributed by atoms with Gasteiger partial charge in [0.1, 0.15) is 0 Å². The van der Waals surface area contributed by atoms with E-state index in [0.717, 1.165) is 25.6 Å². The van der Waals surface area contributed by atoms with Gasteiger partial charge in [0.25, 0.3) is 0 Å². The first kappa shape index (κ1) is 17.1. The molecule has 1 aromatic rings. The Morgan fingerprint density at radius 1 is 1.24 bits per heavy atom. The average molecular weight is 329 g/mol. The maximum atomic E-state index is 6.17. The van der Waals surface area contributed by atoms with E-state index in [9.17, 15) is 0 Å². The summed E-state index contributed by atoms with van der Waals surface area (Å²) in [6.07, 6.45) is 3.75. The van der Waals surface area contributed by atoms with Crippen LogP contribution >= 0.6 is 23.2 Å². The fraction of sp³-hybridized carbons (Fsp3) is 0.647. The summed E-state index contributed by atoms with van der Waals surface area (Å²) in [6, 6.07) is 6.41. The molecular weight excluding hydrogens is 303 g/mol. The third-order valence-electron chi connectivity index (χ3n) is 4.44.